The lowest BCUT2D eigenvalue weighted by Crippen LogP contribution is -2.06. The number of methoxy groups -OCH3 is 1. The lowest BCUT2D eigenvalue weighted by molar-refractivity contribution is 0.0601. The zero-order chi connectivity index (χ0) is 15.4. The number of carbonyl (C=O) groups excluding carboxylic acids is 1. The van der Waals surface area contributed by atoms with E-state index in [9.17, 15) is 4.79 Å². The number of nitrogen functional groups attached to an aromatic ring is 1. The maximum atomic E-state index is 11.6. The number of carbonyl (C=O) groups is 1. The fourth-order valence-electron chi connectivity index (χ4n) is 1.85. The summed E-state index contributed by atoms with van der Waals surface area (Å²) in [6.45, 7) is 4.21. The minimum Gasteiger partial charge on any atom is -0.465 e. The van der Waals surface area contributed by atoms with Gasteiger partial charge >= 0.3 is 5.97 Å². The van der Waals surface area contributed by atoms with E-state index in [-0.39, 0.29) is 11.3 Å². The first-order valence-electron chi connectivity index (χ1n) is 6.63. The van der Waals surface area contributed by atoms with Crippen LogP contribution in [0.5, 0.6) is 11.6 Å². The summed E-state index contributed by atoms with van der Waals surface area (Å²) >= 11 is 0. The van der Waals surface area contributed by atoms with Crippen LogP contribution in [0.15, 0.2) is 36.5 Å². The van der Waals surface area contributed by atoms with Crippen LogP contribution in [0.2, 0.25) is 0 Å². The molecular weight excluding hydrogens is 268 g/mol. The van der Waals surface area contributed by atoms with Crippen LogP contribution in [0, 0.1) is 0 Å². The number of nitrogens with two attached hydrogens (primary N) is 1. The second-order valence-corrected chi connectivity index (χ2v) is 4.93. The van der Waals surface area contributed by atoms with Crippen LogP contribution in [0.4, 0.5) is 5.69 Å². The highest BCUT2D eigenvalue weighted by atomic mass is 16.5. The number of aromatic nitrogens is 1. The monoisotopic (exact) mass is 286 g/mol. The highest BCUT2D eigenvalue weighted by molar-refractivity contribution is 5.95. The van der Waals surface area contributed by atoms with Crippen LogP contribution >= 0.6 is 0 Å². The highest BCUT2D eigenvalue weighted by Crippen LogP contribution is 2.26. The van der Waals surface area contributed by atoms with E-state index in [1.807, 2.05) is 24.3 Å². The maximum absolute atomic E-state index is 11.6. The number of hydrogen-bond donors (Lipinski definition) is 1. The minimum atomic E-state index is -0.518. The highest BCUT2D eigenvalue weighted by Gasteiger charge is 2.13. The van der Waals surface area contributed by atoms with E-state index < -0.39 is 5.97 Å². The van der Waals surface area contributed by atoms with Gasteiger partial charge in [0, 0.05) is 6.07 Å². The quantitative estimate of drug-likeness (QED) is 0.872. The van der Waals surface area contributed by atoms with Gasteiger partial charge in [0.25, 0.3) is 0 Å². The summed E-state index contributed by atoms with van der Waals surface area (Å²) in [5, 5.41) is 0. The van der Waals surface area contributed by atoms with Crippen molar-refractivity contribution >= 4 is 11.7 Å². The first-order chi connectivity index (χ1) is 10.0. The van der Waals surface area contributed by atoms with E-state index >= 15 is 0 Å². The Morgan fingerprint density at radius 3 is 2.71 bits per heavy atom. The van der Waals surface area contributed by atoms with Crippen molar-refractivity contribution in [1.82, 2.24) is 4.98 Å². The van der Waals surface area contributed by atoms with Crippen molar-refractivity contribution in [2.24, 2.45) is 0 Å². The molecule has 2 aromatic rings. The molecule has 21 heavy (non-hydrogen) atoms. The molecule has 2 N–H and O–H groups in total. The summed E-state index contributed by atoms with van der Waals surface area (Å²) in [5.74, 6) is 0.842. The Morgan fingerprint density at radius 1 is 1.29 bits per heavy atom. The van der Waals surface area contributed by atoms with E-state index in [1.165, 1.54) is 19.4 Å². The number of pyridine rings is 1. The maximum Gasteiger partial charge on any atom is 0.340 e. The van der Waals surface area contributed by atoms with Crippen LogP contribution in [-0.4, -0.2) is 18.1 Å². The minimum absolute atomic E-state index is 0.238. The molecule has 5 nitrogen and oxygen atoms in total. The number of benzene rings is 1. The molecule has 0 spiro atoms. The Bertz CT molecular complexity index is 654. The van der Waals surface area contributed by atoms with E-state index in [0.29, 0.717) is 17.5 Å². The first-order valence-corrected chi connectivity index (χ1v) is 6.63. The predicted molar refractivity (Wildman–Crippen MR) is 80.6 cm³/mol. The van der Waals surface area contributed by atoms with Gasteiger partial charge in [-0.15, -0.1) is 0 Å². The van der Waals surface area contributed by atoms with Crippen LogP contribution < -0.4 is 10.5 Å². The van der Waals surface area contributed by atoms with Crippen molar-refractivity contribution < 1.29 is 14.3 Å². The Morgan fingerprint density at radius 2 is 2.05 bits per heavy atom. The fraction of sp³-hybridized carbons (Fsp3) is 0.250. The second kappa shape index (κ2) is 6.26. The summed E-state index contributed by atoms with van der Waals surface area (Å²) < 4.78 is 10.4. The third kappa shape index (κ3) is 3.51. The van der Waals surface area contributed by atoms with E-state index in [4.69, 9.17) is 10.5 Å². The van der Waals surface area contributed by atoms with Crippen molar-refractivity contribution in [3.8, 4) is 11.6 Å². The fourth-order valence-corrected chi connectivity index (χ4v) is 1.85. The molecule has 0 bridgehead atoms. The Kier molecular flexibility index (Phi) is 4.42. The molecule has 0 aliphatic heterocycles. The Balaban J connectivity index is 2.27. The van der Waals surface area contributed by atoms with Gasteiger partial charge in [-0.05, 0) is 23.6 Å². The SMILES string of the molecule is COC(=O)c1cc(Oc2cccc(C(C)C)c2)ncc1N. The topological polar surface area (TPSA) is 74.4 Å². The molecule has 0 amide bonds. The van der Waals surface area contributed by atoms with Crippen molar-refractivity contribution in [2.45, 2.75) is 19.8 Å². The third-order valence-electron chi connectivity index (χ3n) is 3.06. The molecule has 2 rings (SSSR count). The van der Waals surface area contributed by atoms with E-state index in [2.05, 4.69) is 23.6 Å². The standard InChI is InChI=1S/C16H18N2O3/c1-10(2)11-5-4-6-12(7-11)21-15-8-13(16(19)20-3)14(17)9-18-15/h4-10H,17H2,1-3H3. The lowest BCUT2D eigenvalue weighted by Gasteiger charge is -2.10. The average Bonchev–Trinajstić information content (AvgIpc) is 2.48. The van der Waals surface area contributed by atoms with Gasteiger partial charge in [-0.25, -0.2) is 9.78 Å². The summed E-state index contributed by atoms with van der Waals surface area (Å²) in [6.07, 6.45) is 1.38. The number of rotatable bonds is 4. The normalized spacial score (nSPS) is 10.5. The van der Waals surface area contributed by atoms with E-state index in [0.717, 1.165) is 5.56 Å². The molecule has 110 valence electrons. The molecule has 0 saturated heterocycles. The average molecular weight is 286 g/mol. The molecule has 5 heteroatoms. The Hall–Kier alpha value is -2.56. The summed E-state index contributed by atoms with van der Waals surface area (Å²) in [5.41, 5.74) is 7.36. The molecule has 1 aromatic carbocycles. The molecule has 0 saturated carbocycles. The summed E-state index contributed by atoms with van der Waals surface area (Å²) in [6, 6.07) is 9.21. The largest absolute Gasteiger partial charge is 0.465 e. The molecule has 0 radical (unpaired) electrons. The van der Waals surface area contributed by atoms with Gasteiger partial charge < -0.3 is 15.2 Å². The van der Waals surface area contributed by atoms with Crippen LogP contribution in [0.1, 0.15) is 35.7 Å². The molecule has 0 atom stereocenters. The van der Waals surface area contributed by atoms with Gasteiger partial charge in [-0.1, -0.05) is 26.0 Å². The number of ether oxygens (including phenoxy) is 2. The van der Waals surface area contributed by atoms with Crippen LogP contribution in [-0.2, 0) is 4.74 Å². The molecular formula is C16H18N2O3. The number of hydrogen-bond acceptors (Lipinski definition) is 5. The number of anilines is 1. The summed E-state index contributed by atoms with van der Waals surface area (Å²) in [4.78, 5) is 15.7. The zero-order valence-electron chi connectivity index (χ0n) is 12.3. The van der Waals surface area contributed by atoms with Crippen molar-refractivity contribution in [3.05, 3.63) is 47.7 Å². The van der Waals surface area contributed by atoms with Gasteiger partial charge in [-0.2, -0.15) is 0 Å². The second-order valence-electron chi connectivity index (χ2n) is 4.93. The van der Waals surface area contributed by atoms with Crippen molar-refractivity contribution in [2.75, 3.05) is 12.8 Å². The van der Waals surface area contributed by atoms with Gasteiger partial charge in [0.1, 0.15) is 5.75 Å². The number of nitrogens with zero attached hydrogens (tertiary/aromatic N) is 1. The molecule has 0 aliphatic carbocycles. The lowest BCUT2D eigenvalue weighted by atomic mass is 10.0. The van der Waals surface area contributed by atoms with Crippen molar-refractivity contribution in [1.29, 1.82) is 0 Å². The van der Waals surface area contributed by atoms with Gasteiger partial charge in [-0.3, -0.25) is 0 Å². The molecule has 0 aliphatic rings. The van der Waals surface area contributed by atoms with Gasteiger partial charge in [0.2, 0.25) is 5.88 Å². The zero-order valence-corrected chi connectivity index (χ0v) is 12.3. The van der Waals surface area contributed by atoms with Gasteiger partial charge in [0.05, 0.1) is 24.6 Å². The predicted octanol–water partition coefficient (Wildman–Crippen LogP) is 3.37. The van der Waals surface area contributed by atoms with Crippen LogP contribution in [0.3, 0.4) is 0 Å². The molecule has 1 aromatic heterocycles. The molecule has 0 fully saturated rings. The smallest absolute Gasteiger partial charge is 0.340 e. The Labute approximate surface area is 123 Å². The third-order valence-corrected chi connectivity index (χ3v) is 3.06. The van der Waals surface area contributed by atoms with Crippen LogP contribution in [0.25, 0.3) is 0 Å². The number of esters is 1. The van der Waals surface area contributed by atoms with Gasteiger partial charge in [0.15, 0.2) is 0 Å². The first kappa shape index (κ1) is 14.8. The van der Waals surface area contributed by atoms with Crippen molar-refractivity contribution in [3.63, 3.8) is 0 Å². The molecule has 1 heterocycles. The summed E-state index contributed by atoms with van der Waals surface area (Å²) in [7, 11) is 1.30. The molecule has 0 unspecified atom stereocenters. The van der Waals surface area contributed by atoms with E-state index in [1.54, 1.807) is 0 Å².